The van der Waals surface area contributed by atoms with Crippen LogP contribution in [0.2, 0.25) is 0 Å². The maximum absolute atomic E-state index is 14.3. The standard InChI is InChI=1S/C41H67N5O9/c1-13-26(6)36(45(10)40(51)34(24(2)3)43-39(50)35(25(4)5)44(9)28(8)47)32(54-11)23-33(48)46-21-17-20-31(46)37(55-12)27(7)38(49)42-30(41(52)53)22-29-18-15-14-16-19-29/h14-16,18-19,24-27,30-32,34-37H,13,17,20-23H2,1-12H3,(H,42,49)(H,43,50)(H,52,53)/t26-,27+,30-,31-,32+,34-,35-,36-,37+/m0/s1. The van der Waals surface area contributed by atoms with E-state index in [0.717, 1.165) is 5.56 Å². The number of carboxylic acid groups (broad SMARTS) is 1. The highest BCUT2D eigenvalue weighted by Gasteiger charge is 2.43. The van der Waals surface area contributed by atoms with Crippen LogP contribution in [0.5, 0.6) is 0 Å². The highest BCUT2D eigenvalue weighted by molar-refractivity contribution is 5.92. The zero-order valence-corrected chi connectivity index (χ0v) is 35.0. The van der Waals surface area contributed by atoms with Crippen LogP contribution in [-0.4, -0.2) is 133 Å². The summed E-state index contributed by atoms with van der Waals surface area (Å²) in [7, 11) is 6.23. The van der Waals surface area contributed by atoms with Crippen molar-refractivity contribution in [3.63, 3.8) is 0 Å². The lowest BCUT2D eigenvalue weighted by atomic mass is 9.89. The lowest BCUT2D eigenvalue weighted by molar-refractivity contribution is -0.149. The van der Waals surface area contributed by atoms with Gasteiger partial charge in [-0.3, -0.25) is 24.0 Å². The second kappa shape index (κ2) is 21.9. The molecule has 0 unspecified atom stereocenters. The van der Waals surface area contributed by atoms with E-state index in [1.54, 1.807) is 43.0 Å². The number of nitrogens with zero attached hydrogens (tertiary/aromatic N) is 3. The van der Waals surface area contributed by atoms with Crippen molar-refractivity contribution in [2.75, 3.05) is 34.9 Å². The van der Waals surface area contributed by atoms with Crippen molar-refractivity contribution in [2.45, 2.75) is 130 Å². The number of aliphatic carboxylic acids is 1. The third kappa shape index (κ3) is 12.5. The van der Waals surface area contributed by atoms with Crippen LogP contribution in [0.25, 0.3) is 0 Å². The molecule has 14 heteroatoms. The third-order valence-electron chi connectivity index (χ3n) is 11.2. The number of carboxylic acids is 1. The Kier molecular flexibility index (Phi) is 18.8. The molecule has 0 aliphatic carbocycles. The molecule has 3 N–H and O–H groups in total. The Morgan fingerprint density at radius 3 is 2.00 bits per heavy atom. The molecule has 0 saturated carbocycles. The average molecular weight is 774 g/mol. The lowest BCUT2D eigenvalue weighted by Crippen LogP contribution is -2.60. The van der Waals surface area contributed by atoms with Crippen molar-refractivity contribution in [3.05, 3.63) is 35.9 Å². The van der Waals surface area contributed by atoms with Crippen LogP contribution in [0, 0.1) is 23.7 Å². The van der Waals surface area contributed by atoms with Crippen molar-refractivity contribution in [3.8, 4) is 0 Å². The van der Waals surface area contributed by atoms with Gasteiger partial charge in [0.05, 0.1) is 36.6 Å². The molecule has 1 aromatic rings. The Labute approximate surface area is 328 Å². The van der Waals surface area contributed by atoms with Gasteiger partial charge in [0.25, 0.3) is 0 Å². The Bertz CT molecular complexity index is 1440. The molecule has 310 valence electrons. The summed E-state index contributed by atoms with van der Waals surface area (Å²) in [5.41, 5.74) is 0.774. The first-order chi connectivity index (χ1) is 25.8. The Balaban J connectivity index is 2.29. The minimum absolute atomic E-state index is 0.0493. The molecule has 1 aliphatic rings. The lowest BCUT2D eigenvalue weighted by Gasteiger charge is -2.41. The summed E-state index contributed by atoms with van der Waals surface area (Å²) >= 11 is 0. The molecule has 1 aromatic carbocycles. The van der Waals surface area contributed by atoms with Crippen molar-refractivity contribution >= 4 is 35.5 Å². The van der Waals surface area contributed by atoms with Crippen LogP contribution in [-0.2, 0) is 44.7 Å². The number of rotatable bonds is 21. The highest BCUT2D eigenvalue weighted by Crippen LogP contribution is 2.30. The van der Waals surface area contributed by atoms with E-state index in [2.05, 4.69) is 10.6 Å². The summed E-state index contributed by atoms with van der Waals surface area (Å²) in [6.07, 6.45) is 0.613. The third-order valence-corrected chi connectivity index (χ3v) is 11.2. The quantitative estimate of drug-likeness (QED) is 0.169. The number of carbonyl (C=O) groups excluding carboxylic acids is 5. The van der Waals surface area contributed by atoms with E-state index in [4.69, 9.17) is 9.47 Å². The van der Waals surface area contributed by atoms with Gasteiger partial charge in [0.1, 0.15) is 18.1 Å². The fraction of sp³-hybridized carbons (Fsp3) is 0.707. The molecule has 55 heavy (non-hydrogen) atoms. The van der Waals surface area contributed by atoms with E-state index in [1.807, 2.05) is 59.7 Å². The number of nitrogens with one attached hydrogen (secondary N) is 2. The molecular weight excluding hydrogens is 706 g/mol. The number of carbonyl (C=O) groups is 6. The number of ether oxygens (including phenoxy) is 2. The minimum Gasteiger partial charge on any atom is -0.480 e. The Morgan fingerprint density at radius 1 is 0.891 bits per heavy atom. The number of likely N-dealkylation sites (N-methyl/N-ethyl adjacent to an activating group) is 2. The second-order valence-corrected chi connectivity index (χ2v) is 15.7. The van der Waals surface area contributed by atoms with Gasteiger partial charge in [-0.1, -0.05) is 85.2 Å². The van der Waals surface area contributed by atoms with E-state index in [-0.39, 0.29) is 48.3 Å². The van der Waals surface area contributed by atoms with Crippen molar-refractivity contribution in [1.82, 2.24) is 25.3 Å². The summed E-state index contributed by atoms with van der Waals surface area (Å²) in [5, 5.41) is 15.5. The summed E-state index contributed by atoms with van der Waals surface area (Å²) < 4.78 is 11.8. The maximum atomic E-state index is 14.3. The topological polar surface area (TPSA) is 175 Å². The van der Waals surface area contributed by atoms with Gasteiger partial charge in [-0.25, -0.2) is 4.79 Å². The molecule has 1 fully saturated rings. The molecule has 14 nitrogen and oxygen atoms in total. The first kappa shape index (κ1) is 47.1. The largest absolute Gasteiger partial charge is 0.480 e. The van der Waals surface area contributed by atoms with Gasteiger partial charge >= 0.3 is 5.97 Å². The van der Waals surface area contributed by atoms with E-state index in [1.165, 1.54) is 26.0 Å². The van der Waals surface area contributed by atoms with Crippen molar-refractivity contribution in [2.24, 2.45) is 23.7 Å². The van der Waals surface area contributed by atoms with E-state index in [0.29, 0.717) is 25.8 Å². The van der Waals surface area contributed by atoms with Gasteiger partial charge in [0.15, 0.2) is 0 Å². The molecule has 9 atom stereocenters. The van der Waals surface area contributed by atoms with Gasteiger partial charge < -0.3 is 39.9 Å². The number of amides is 5. The summed E-state index contributed by atoms with van der Waals surface area (Å²) in [4.78, 5) is 84.4. The smallest absolute Gasteiger partial charge is 0.326 e. The number of benzene rings is 1. The van der Waals surface area contributed by atoms with Gasteiger partial charge in [0.2, 0.25) is 29.5 Å². The first-order valence-corrected chi connectivity index (χ1v) is 19.5. The number of hydrogen-bond donors (Lipinski definition) is 3. The Hall–Kier alpha value is -4.04. The van der Waals surface area contributed by atoms with Crippen LogP contribution >= 0.6 is 0 Å². The zero-order chi connectivity index (χ0) is 41.7. The Morgan fingerprint density at radius 2 is 1.51 bits per heavy atom. The van der Waals surface area contributed by atoms with E-state index in [9.17, 15) is 33.9 Å². The highest BCUT2D eigenvalue weighted by atomic mass is 16.5. The first-order valence-electron chi connectivity index (χ1n) is 19.5. The SMILES string of the molecule is CC[C@H](C)[C@@H]([C@@H](CC(=O)N1CCC[C@H]1[C@H](OC)[C@@H](C)C(=O)N[C@@H](Cc1ccccc1)C(=O)O)OC)N(C)C(=O)[C@@H](NC(=O)[C@H](C(C)C)N(C)C(C)=O)C(C)C. The fourth-order valence-corrected chi connectivity index (χ4v) is 7.75. The van der Waals surface area contributed by atoms with E-state index >= 15 is 0 Å². The van der Waals surface area contributed by atoms with Crippen LogP contribution < -0.4 is 10.6 Å². The maximum Gasteiger partial charge on any atom is 0.326 e. The number of methoxy groups -OCH3 is 2. The van der Waals surface area contributed by atoms with Gasteiger partial charge in [-0.15, -0.1) is 0 Å². The molecule has 0 spiro atoms. The average Bonchev–Trinajstić information content (AvgIpc) is 3.62. The van der Waals surface area contributed by atoms with Crippen LogP contribution in [0.3, 0.4) is 0 Å². The number of likely N-dealkylation sites (tertiary alicyclic amines) is 1. The fourth-order valence-electron chi connectivity index (χ4n) is 7.75. The summed E-state index contributed by atoms with van der Waals surface area (Å²) in [6, 6.07) is 5.27. The molecule has 1 saturated heterocycles. The molecule has 1 aliphatic heterocycles. The van der Waals surface area contributed by atoms with Crippen LogP contribution in [0.15, 0.2) is 30.3 Å². The molecule has 2 rings (SSSR count). The zero-order valence-electron chi connectivity index (χ0n) is 35.0. The van der Waals surface area contributed by atoms with E-state index < -0.39 is 66.1 Å². The predicted molar refractivity (Wildman–Crippen MR) is 210 cm³/mol. The minimum atomic E-state index is -1.15. The van der Waals surface area contributed by atoms with Gasteiger partial charge in [-0.05, 0) is 36.2 Å². The molecule has 5 amide bonds. The van der Waals surface area contributed by atoms with Crippen molar-refractivity contribution in [1.29, 1.82) is 0 Å². The molecule has 0 radical (unpaired) electrons. The summed E-state index contributed by atoms with van der Waals surface area (Å²) in [6.45, 7) is 14.9. The monoisotopic (exact) mass is 773 g/mol. The number of hydrogen-bond acceptors (Lipinski definition) is 8. The normalized spacial score (nSPS) is 18.7. The van der Waals surface area contributed by atoms with Gasteiger partial charge in [0, 0.05) is 48.2 Å². The van der Waals surface area contributed by atoms with Crippen molar-refractivity contribution < 1.29 is 43.3 Å². The second-order valence-electron chi connectivity index (χ2n) is 15.7. The van der Waals surface area contributed by atoms with Crippen LogP contribution in [0.1, 0.15) is 86.6 Å². The molecule has 0 bridgehead atoms. The van der Waals surface area contributed by atoms with Crippen LogP contribution in [0.4, 0.5) is 0 Å². The van der Waals surface area contributed by atoms with Gasteiger partial charge in [-0.2, -0.15) is 0 Å². The predicted octanol–water partition coefficient (Wildman–Crippen LogP) is 3.36. The molecule has 0 aromatic heterocycles. The molecular formula is C41H67N5O9. The molecule has 1 heterocycles. The summed E-state index contributed by atoms with van der Waals surface area (Å²) in [5.74, 6) is -4.21.